The van der Waals surface area contributed by atoms with Crippen molar-refractivity contribution in [3.8, 4) is 5.75 Å². The van der Waals surface area contributed by atoms with Crippen LogP contribution in [0.15, 0.2) is 49.6 Å². The lowest BCUT2D eigenvalue weighted by Gasteiger charge is -2.08. The lowest BCUT2D eigenvalue weighted by atomic mass is 10.0. The van der Waals surface area contributed by atoms with E-state index in [1.165, 1.54) is 108 Å². The number of carbonyl (C=O) groups excluding carboxylic acids is 2. The smallest absolute Gasteiger partial charge is 0.335 e. The molecule has 0 saturated heterocycles. The fourth-order valence-electron chi connectivity index (χ4n) is 4.05. The van der Waals surface area contributed by atoms with Crippen molar-refractivity contribution in [3.63, 3.8) is 0 Å². The van der Waals surface area contributed by atoms with Gasteiger partial charge in [0.1, 0.15) is 5.75 Å². The summed E-state index contributed by atoms with van der Waals surface area (Å²) in [5, 5.41) is 0. The molecular weight excluding hydrogens is 460 g/mol. The summed E-state index contributed by atoms with van der Waals surface area (Å²) in [4.78, 5) is 22.0. The molecule has 0 heterocycles. The average Bonchev–Trinajstić information content (AvgIpc) is 2.92. The third-order valence-corrected chi connectivity index (χ3v) is 6.31. The quantitative estimate of drug-likeness (QED) is 0.0668. The number of para-hydroxylation sites is 1. The van der Waals surface area contributed by atoms with Crippen molar-refractivity contribution in [2.24, 2.45) is 0 Å². The minimum atomic E-state index is -0.392. The summed E-state index contributed by atoms with van der Waals surface area (Å²) in [5.74, 6) is -0.0266. The first-order valence-electron chi connectivity index (χ1n) is 14.8. The summed E-state index contributed by atoms with van der Waals surface area (Å²) in [6.45, 7) is 11.8. The van der Waals surface area contributed by atoms with Gasteiger partial charge in [-0.1, -0.05) is 142 Å². The molecule has 4 heteroatoms. The van der Waals surface area contributed by atoms with Gasteiger partial charge in [0.05, 0.1) is 6.61 Å². The molecular formula is C33H54O4. The third-order valence-electron chi connectivity index (χ3n) is 6.31. The lowest BCUT2D eigenvalue weighted by Crippen LogP contribution is -2.05. The standard InChI is InChI=1S/C18H26O2.C15H28O2/c1-3-5-6-7-8-9-10-13-16-14-11-12-15-17(16)20-18(19)4-2;1-3-5-6-7-8-9-10-11-12-13-14-17-15(16)4-2/h4,11-12,14-15H,2-3,5-10,13H2,1H3;4H,2-3,5-14H2,1H3. The first-order valence-corrected chi connectivity index (χ1v) is 14.8. The van der Waals surface area contributed by atoms with Crippen LogP contribution in [0.2, 0.25) is 0 Å². The summed E-state index contributed by atoms with van der Waals surface area (Å²) in [7, 11) is 0. The normalized spacial score (nSPS) is 10.2. The number of benzene rings is 1. The van der Waals surface area contributed by atoms with E-state index in [-0.39, 0.29) is 5.97 Å². The molecule has 1 rings (SSSR count). The minimum Gasteiger partial charge on any atom is -0.463 e. The summed E-state index contributed by atoms with van der Waals surface area (Å²) in [6, 6.07) is 7.75. The molecule has 4 nitrogen and oxygen atoms in total. The van der Waals surface area contributed by atoms with Crippen LogP contribution in [-0.4, -0.2) is 18.5 Å². The predicted octanol–water partition coefficient (Wildman–Crippen LogP) is 9.71. The van der Waals surface area contributed by atoms with Crippen LogP contribution >= 0.6 is 0 Å². The maximum absolute atomic E-state index is 11.3. The van der Waals surface area contributed by atoms with Gasteiger partial charge in [-0.15, -0.1) is 0 Å². The van der Waals surface area contributed by atoms with Gasteiger partial charge >= 0.3 is 11.9 Å². The Labute approximate surface area is 227 Å². The highest BCUT2D eigenvalue weighted by atomic mass is 16.5. The Morgan fingerprint density at radius 1 is 0.649 bits per heavy atom. The van der Waals surface area contributed by atoms with Crippen molar-refractivity contribution in [2.45, 2.75) is 129 Å². The second-order valence-corrected chi connectivity index (χ2v) is 9.66. The maximum Gasteiger partial charge on any atom is 0.335 e. The van der Waals surface area contributed by atoms with Crippen LogP contribution < -0.4 is 4.74 Å². The molecule has 37 heavy (non-hydrogen) atoms. The van der Waals surface area contributed by atoms with Crippen molar-refractivity contribution in [1.82, 2.24) is 0 Å². The van der Waals surface area contributed by atoms with E-state index in [0.717, 1.165) is 24.8 Å². The van der Waals surface area contributed by atoms with E-state index in [2.05, 4.69) is 27.0 Å². The molecule has 1 aromatic rings. The number of esters is 2. The molecule has 0 fully saturated rings. The largest absolute Gasteiger partial charge is 0.463 e. The molecule has 1 aromatic carbocycles. The summed E-state index contributed by atoms with van der Waals surface area (Å²) in [6.07, 6.45) is 25.4. The van der Waals surface area contributed by atoms with Crippen LogP contribution in [-0.2, 0) is 20.7 Å². The van der Waals surface area contributed by atoms with Crippen molar-refractivity contribution in [3.05, 3.63) is 55.1 Å². The zero-order chi connectivity index (χ0) is 27.4. The van der Waals surface area contributed by atoms with Crippen molar-refractivity contribution in [2.75, 3.05) is 6.61 Å². The van der Waals surface area contributed by atoms with E-state index in [9.17, 15) is 9.59 Å². The Bertz CT molecular complexity index is 710. The van der Waals surface area contributed by atoms with E-state index >= 15 is 0 Å². The zero-order valence-corrected chi connectivity index (χ0v) is 23.9. The molecule has 0 amide bonds. The molecule has 0 aliphatic carbocycles. The van der Waals surface area contributed by atoms with E-state index in [1.54, 1.807) is 0 Å². The summed E-state index contributed by atoms with van der Waals surface area (Å²) >= 11 is 0. The van der Waals surface area contributed by atoms with Gasteiger partial charge in [0, 0.05) is 12.2 Å². The first kappa shape index (κ1) is 34.6. The van der Waals surface area contributed by atoms with Crippen molar-refractivity contribution < 1.29 is 19.1 Å². The first-order chi connectivity index (χ1) is 18.1. The van der Waals surface area contributed by atoms with Crippen molar-refractivity contribution in [1.29, 1.82) is 0 Å². The Hall–Kier alpha value is -2.36. The molecule has 210 valence electrons. The highest BCUT2D eigenvalue weighted by molar-refractivity contribution is 5.83. The highest BCUT2D eigenvalue weighted by Crippen LogP contribution is 2.21. The van der Waals surface area contributed by atoms with Gasteiger partial charge in [-0.05, 0) is 30.9 Å². The SMILES string of the molecule is C=CC(=O)OCCCCCCCCCCCC.C=CC(=O)Oc1ccccc1CCCCCCCCC. The van der Waals surface area contributed by atoms with Crippen LogP contribution in [0.4, 0.5) is 0 Å². The van der Waals surface area contributed by atoms with Crippen LogP contribution in [0.25, 0.3) is 0 Å². The monoisotopic (exact) mass is 514 g/mol. The Kier molecular flexibility index (Phi) is 25.0. The van der Waals surface area contributed by atoms with Crippen LogP contribution in [0, 0.1) is 0 Å². The predicted molar refractivity (Wildman–Crippen MR) is 157 cm³/mol. The van der Waals surface area contributed by atoms with E-state index < -0.39 is 5.97 Å². The molecule has 0 unspecified atom stereocenters. The van der Waals surface area contributed by atoms with Gasteiger partial charge in [0.2, 0.25) is 0 Å². The number of unbranched alkanes of at least 4 members (excludes halogenated alkanes) is 15. The Morgan fingerprint density at radius 2 is 1.11 bits per heavy atom. The topological polar surface area (TPSA) is 52.6 Å². The molecule has 0 saturated carbocycles. The molecule has 0 spiro atoms. The van der Waals surface area contributed by atoms with Crippen molar-refractivity contribution >= 4 is 11.9 Å². The number of hydrogen-bond donors (Lipinski definition) is 0. The number of carbonyl (C=O) groups is 2. The van der Waals surface area contributed by atoms with Gasteiger partial charge in [0.15, 0.2) is 0 Å². The molecule has 0 atom stereocenters. The van der Waals surface area contributed by atoms with Gasteiger partial charge in [-0.25, -0.2) is 9.59 Å². The van der Waals surface area contributed by atoms with E-state index in [0.29, 0.717) is 12.4 Å². The van der Waals surface area contributed by atoms with E-state index in [4.69, 9.17) is 9.47 Å². The number of ether oxygens (including phenoxy) is 2. The second kappa shape index (κ2) is 26.7. The fourth-order valence-corrected chi connectivity index (χ4v) is 4.05. The lowest BCUT2D eigenvalue weighted by molar-refractivity contribution is -0.137. The molecule has 0 bridgehead atoms. The van der Waals surface area contributed by atoms with E-state index in [1.807, 2.05) is 24.3 Å². The molecule has 0 radical (unpaired) electrons. The van der Waals surface area contributed by atoms with Crippen LogP contribution in [0.3, 0.4) is 0 Å². The third kappa shape index (κ3) is 22.6. The van der Waals surface area contributed by atoms with Gasteiger partial charge in [0.25, 0.3) is 0 Å². The molecule has 0 aliphatic rings. The van der Waals surface area contributed by atoms with Gasteiger partial charge in [-0.3, -0.25) is 0 Å². The van der Waals surface area contributed by atoms with Gasteiger partial charge < -0.3 is 9.47 Å². The van der Waals surface area contributed by atoms with Crippen LogP contribution in [0.1, 0.15) is 129 Å². The molecule has 0 N–H and O–H groups in total. The number of hydrogen-bond acceptors (Lipinski definition) is 4. The fraction of sp³-hybridized carbons (Fsp3) is 0.636. The van der Waals surface area contributed by atoms with Gasteiger partial charge in [-0.2, -0.15) is 0 Å². The average molecular weight is 515 g/mol. The second-order valence-electron chi connectivity index (χ2n) is 9.66. The van der Waals surface area contributed by atoms with Crippen LogP contribution in [0.5, 0.6) is 5.75 Å². The maximum atomic E-state index is 11.3. The molecule has 0 aliphatic heterocycles. The zero-order valence-electron chi connectivity index (χ0n) is 23.9. The summed E-state index contributed by atoms with van der Waals surface area (Å²) < 4.78 is 10.2. The summed E-state index contributed by atoms with van der Waals surface area (Å²) in [5.41, 5.74) is 1.11. The minimum absolute atomic E-state index is 0.305. The Morgan fingerprint density at radius 3 is 1.62 bits per heavy atom. The molecule has 0 aromatic heterocycles. The number of rotatable bonds is 22. The Balaban J connectivity index is 0.000000712. The highest BCUT2D eigenvalue weighted by Gasteiger charge is 2.06. The number of aryl methyl sites for hydroxylation is 1.